The first-order chi connectivity index (χ1) is 7.74. The van der Waals surface area contributed by atoms with Crippen molar-refractivity contribution in [3.63, 3.8) is 0 Å². The predicted octanol–water partition coefficient (Wildman–Crippen LogP) is 2.94. The fourth-order valence-electron chi connectivity index (χ4n) is 1.24. The SMILES string of the molecule is C[C@@H](CC=CO)COC(=O)c1ccccc1. The average Bonchev–Trinajstić information content (AvgIpc) is 2.34. The molecule has 0 saturated heterocycles. The van der Waals surface area contributed by atoms with E-state index in [0.29, 0.717) is 18.6 Å². The standard InChI is InChI=1S/C13H16O3/c1-11(6-5-9-14)10-16-13(15)12-7-3-2-4-8-12/h2-5,7-9,11,14H,6,10H2,1H3/t11-/m0/s1. The maximum atomic E-state index is 11.5. The van der Waals surface area contributed by atoms with Gasteiger partial charge in [0.05, 0.1) is 18.4 Å². The molecule has 0 spiro atoms. The summed E-state index contributed by atoms with van der Waals surface area (Å²) in [6.45, 7) is 2.32. The van der Waals surface area contributed by atoms with Crippen LogP contribution in [0.1, 0.15) is 23.7 Å². The molecule has 0 aliphatic rings. The molecule has 86 valence electrons. The molecule has 3 heteroatoms. The summed E-state index contributed by atoms with van der Waals surface area (Å²) in [5.41, 5.74) is 0.562. The Bertz CT molecular complexity index is 343. The molecule has 1 N–H and O–H groups in total. The zero-order chi connectivity index (χ0) is 11.8. The Balaban J connectivity index is 2.36. The molecule has 0 saturated carbocycles. The van der Waals surface area contributed by atoms with Crippen molar-refractivity contribution in [2.24, 2.45) is 5.92 Å². The third kappa shape index (κ3) is 4.17. The van der Waals surface area contributed by atoms with E-state index in [0.717, 1.165) is 6.26 Å². The van der Waals surface area contributed by atoms with E-state index in [4.69, 9.17) is 9.84 Å². The first-order valence-corrected chi connectivity index (χ1v) is 5.25. The molecule has 0 heterocycles. The van der Waals surface area contributed by atoms with Crippen molar-refractivity contribution in [3.05, 3.63) is 48.2 Å². The first-order valence-electron chi connectivity index (χ1n) is 5.25. The summed E-state index contributed by atoms with van der Waals surface area (Å²) < 4.78 is 5.13. The Morgan fingerprint density at radius 1 is 1.44 bits per heavy atom. The van der Waals surface area contributed by atoms with Gasteiger partial charge >= 0.3 is 5.97 Å². The van der Waals surface area contributed by atoms with Gasteiger partial charge in [-0.2, -0.15) is 0 Å². The molecule has 0 bridgehead atoms. The van der Waals surface area contributed by atoms with Gasteiger partial charge in [-0.25, -0.2) is 4.79 Å². The van der Waals surface area contributed by atoms with Gasteiger partial charge in [-0.05, 0) is 30.5 Å². The van der Waals surface area contributed by atoms with E-state index < -0.39 is 0 Å². The maximum Gasteiger partial charge on any atom is 0.338 e. The van der Waals surface area contributed by atoms with Crippen LogP contribution in [0.3, 0.4) is 0 Å². The van der Waals surface area contributed by atoms with E-state index in [1.165, 1.54) is 0 Å². The monoisotopic (exact) mass is 220 g/mol. The van der Waals surface area contributed by atoms with Gasteiger partial charge in [-0.1, -0.05) is 25.1 Å². The van der Waals surface area contributed by atoms with E-state index >= 15 is 0 Å². The lowest BCUT2D eigenvalue weighted by atomic mass is 10.1. The van der Waals surface area contributed by atoms with Gasteiger partial charge in [0, 0.05) is 0 Å². The third-order valence-electron chi connectivity index (χ3n) is 2.15. The van der Waals surface area contributed by atoms with Crippen LogP contribution in [0.15, 0.2) is 42.7 Å². The zero-order valence-corrected chi connectivity index (χ0v) is 9.30. The number of ether oxygens (including phenoxy) is 1. The van der Waals surface area contributed by atoms with E-state index in [9.17, 15) is 4.79 Å². The summed E-state index contributed by atoms with van der Waals surface area (Å²) in [5.74, 6) is -0.100. The van der Waals surface area contributed by atoms with Crippen molar-refractivity contribution >= 4 is 5.97 Å². The van der Waals surface area contributed by atoms with Gasteiger partial charge in [0.15, 0.2) is 0 Å². The first kappa shape index (κ1) is 12.3. The molecule has 3 nitrogen and oxygen atoms in total. The summed E-state index contributed by atoms with van der Waals surface area (Å²) >= 11 is 0. The van der Waals surface area contributed by atoms with Crippen molar-refractivity contribution in [2.45, 2.75) is 13.3 Å². The fourth-order valence-corrected chi connectivity index (χ4v) is 1.24. The Morgan fingerprint density at radius 3 is 2.75 bits per heavy atom. The molecule has 0 unspecified atom stereocenters. The van der Waals surface area contributed by atoms with Gasteiger partial charge in [0.25, 0.3) is 0 Å². The highest BCUT2D eigenvalue weighted by molar-refractivity contribution is 5.89. The number of allylic oxidation sites excluding steroid dienone is 1. The summed E-state index contributed by atoms with van der Waals surface area (Å²) in [4.78, 5) is 11.5. The second kappa shape index (κ2) is 6.67. The fraction of sp³-hybridized carbons (Fsp3) is 0.308. The minimum Gasteiger partial charge on any atom is -0.516 e. The molecule has 0 fully saturated rings. The van der Waals surface area contributed by atoms with Gasteiger partial charge in [-0.15, -0.1) is 0 Å². The molecular formula is C13H16O3. The normalized spacial score (nSPS) is 12.6. The van der Waals surface area contributed by atoms with Crippen molar-refractivity contribution < 1.29 is 14.6 Å². The van der Waals surface area contributed by atoms with Crippen LogP contribution >= 0.6 is 0 Å². The summed E-state index contributed by atoms with van der Waals surface area (Å²) in [7, 11) is 0. The van der Waals surface area contributed by atoms with Gasteiger partial charge < -0.3 is 9.84 Å². The van der Waals surface area contributed by atoms with Gasteiger partial charge in [0.1, 0.15) is 0 Å². The molecular weight excluding hydrogens is 204 g/mol. The number of rotatable bonds is 5. The van der Waals surface area contributed by atoms with Crippen LogP contribution in [0, 0.1) is 5.92 Å². The highest BCUT2D eigenvalue weighted by atomic mass is 16.5. The Labute approximate surface area is 95.4 Å². The van der Waals surface area contributed by atoms with Crippen LogP contribution in [0.4, 0.5) is 0 Å². The molecule has 0 aromatic heterocycles. The molecule has 0 aliphatic carbocycles. The quantitative estimate of drug-likeness (QED) is 0.613. The smallest absolute Gasteiger partial charge is 0.338 e. The Hall–Kier alpha value is -1.77. The molecule has 0 amide bonds. The van der Waals surface area contributed by atoms with Crippen LogP contribution in [-0.4, -0.2) is 17.7 Å². The molecule has 16 heavy (non-hydrogen) atoms. The van der Waals surface area contributed by atoms with E-state index in [2.05, 4.69) is 0 Å². The number of hydrogen-bond acceptors (Lipinski definition) is 3. The minimum absolute atomic E-state index is 0.205. The molecule has 1 atom stereocenters. The minimum atomic E-state index is -0.305. The Kier molecular flexibility index (Phi) is 5.12. The highest BCUT2D eigenvalue weighted by Crippen LogP contribution is 2.06. The topological polar surface area (TPSA) is 46.5 Å². The summed E-state index contributed by atoms with van der Waals surface area (Å²) in [6.07, 6.45) is 3.34. The molecule has 1 aromatic carbocycles. The number of hydrogen-bond donors (Lipinski definition) is 1. The maximum absolute atomic E-state index is 11.5. The van der Waals surface area contributed by atoms with Crippen LogP contribution in [-0.2, 0) is 4.74 Å². The van der Waals surface area contributed by atoms with E-state index in [-0.39, 0.29) is 11.9 Å². The number of carbonyl (C=O) groups excluding carboxylic acids is 1. The number of benzene rings is 1. The average molecular weight is 220 g/mol. The van der Waals surface area contributed by atoms with E-state index in [1.807, 2.05) is 13.0 Å². The second-order valence-corrected chi connectivity index (χ2v) is 3.69. The van der Waals surface area contributed by atoms with Crippen molar-refractivity contribution in [1.82, 2.24) is 0 Å². The van der Waals surface area contributed by atoms with E-state index in [1.54, 1.807) is 30.3 Å². The number of esters is 1. The van der Waals surface area contributed by atoms with Gasteiger partial charge in [-0.3, -0.25) is 0 Å². The number of carbonyl (C=O) groups is 1. The van der Waals surface area contributed by atoms with Crippen LogP contribution in [0.2, 0.25) is 0 Å². The number of aliphatic hydroxyl groups excluding tert-OH is 1. The van der Waals surface area contributed by atoms with Crippen LogP contribution in [0.25, 0.3) is 0 Å². The van der Waals surface area contributed by atoms with Crippen LogP contribution in [0.5, 0.6) is 0 Å². The molecule has 0 radical (unpaired) electrons. The summed E-state index contributed by atoms with van der Waals surface area (Å²) in [5, 5.41) is 8.48. The third-order valence-corrected chi connectivity index (χ3v) is 2.15. The van der Waals surface area contributed by atoms with Crippen LogP contribution < -0.4 is 0 Å². The largest absolute Gasteiger partial charge is 0.516 e. The lowest BCUT2D eigenvalue weighted by Gasteiger charge is -2.09. The highest BCUT2D eigenvalue weighted by Gasteiger charge is 2.08. The predicted molar refractivity (Wildman–Crippen MR) is 62.3 cm³/mol. The number of aliphatic hydroxyl groups is 1. The summed E-state index contributed by atoms with van der Waals surface area (Å²) in [6, 6.07) is 8.90. The second-order valence-electron chi connectivity index (χ2n) is 3.69. The lowest BCUT2D eigenvalue weighted by Crippen LogP contribution is -2.11. The Morgan fingerprint density at radius 2 is 2.12 bits per heavy atom. The molecule has 1 rings (SSSR count). The lowest BCUT2D eigenvalue weighted by molar-refractivity contribution is 0.0450. The zero-order valence-electron chi connectivity index (χ0n) is 9.30. The molecule has 0 aliphatic heterocycles. The van der Waals surface area contributed by atoms with Crippen molar-refractivity contribution in [3.8, 4) is 0 Å². The molecule has 1 aromatic rings. The van der Waals surface area contributed by atoms with Gasteiger partial charge in [0.2, 0.25) is 0 Å². The van der Waals surface area contributed by atoms with Crippen molar-refractivity contribution in [2.75, 3.05) is 6.61 Å². The van der Waals surface area contributed by atoms with Crippen molar-refractivity contribution in [1.29, 1.82) is 0 Å².